The fraction of sp³-hybridized carbons (Fsp3) is 0.571. The normalized spacial score (nSPS) is 12.7. The largest absolute Gasteiger partial charge is 0.328 e. The zero-order valence-electron chi connectivity index (χ0n) is 10.8. The number of rotatable bonds is 7. The summed E-state index contributed by atoms with van der Waals surface area (Å²) >= 11 is 0. The van der Waals surface area contributed by atoms with Gasteiger partial charge in [-0.05, 0) is 63.4 Å². The van der Waals surface area contributed by atoms with Crippen molar-refractivity contribution in [1.29, 1.82) is 0 Å². The first-order chi connectivity index (χ1) is 8.09. The Kier molecular flexibility index (Phi) is 6.16. The van der Waals surface area contributed by atoms with Gasteiger partial charge in [-0.3, -0.25) is 0 Å². The van der Waals surface area contributed by atoms with Gasteiger partial charge >= 0.3 is 0 Å². The highest BCUT2D eigenvalue weighted by Gasteiger charge is 1.99. The molecule has 0 aliphatic rings. The van der Waals surface area contributed by atoms with Crippen molar-refractivity contribution in [2.75, 3.05) is 13.1 Å². The van der Waals surface area contributed by atoms with Gasteiger partial charge in [-0.2, -0.15) is 0 Å². The maximum Gasteiger partial charge on any atom is 0.126 e. The van der Waals surface area contributed by atoms with Gasteiger partial charge in [0.1, 0.15) is 5.82 Å². The van der Waals surface area contributed by atoms with E-state index in [0.717, 1.165) is 37.9 Å². The first kappa shape index (κ1) is 14.1. The summed E-state index contributed by atoms with van der Waals surface area (Å²) in [6.07, 6.45) is 3.11. The molecule has 0 amide bonds. The fourth-order valence-corrected chi connectivity index (χ4v) is 1.77. The van der Waals surface area contributed by atoms with Gasteiger partial charge in [-0.1, -0.05) is 12.1 Å². The van der Waals surface area contributed by atoms with Crippen molar-refractivity contribution in [3.63, 3.8) is 0 Å². The second-order valence-corrected chi connectivity index (χ2v) is 4.70. The first-order valence-electron chi connectivity index (χ1n) is 6.31. The van der Waals surface area contributed by atoms with Crippen LogP contribution in [0.25, 0.3) is 0 Å². The van der Waals surface area contributed by atoms with Crippen molar-refractivity contribution in [1.82, 2.24) is 5.32 Å². The van der Waals surface area contributed by atoms with E-state index in [1.165, 1.54) is 5.56 Å². The third kappa shape index (κ3) is 5.80. The SMILES string of the molecule is Cc1cc(CCNCCCC(C)N)ccc1F. The third-order valence-electron chi connectivity index (χ3n) is 2.83. The van der Waals surface area contributed by atoms with Crippen LogP contribution in [0.4, 0.5) is 4.39 Å². The number of aryl methyl sites for hydroxylation is 1. The van der Waals surface area contributed by atoms with Crippen LogP contribution in [0.3, 0.4) is 0 Å². The Morgan fingerprint density at radius 3 is 2.76 bits per heavy atom. The van der Waals surface area contributed by atoms with Gasteiger partial charge in [0.05, 0.1) is 0 Å². The molecule has 0 spiro atoms. The lowest BCUT2D eigenvalue weighted by atomic mass is 10.1. The number of nitrogens with one attached hydrogen (secondary N) is 1. The summed E-state index contributed by atoms with van der Waals surface area (Å²) in [5, 5.41) is 3.37. The van der Waals surface area contributed by atoms with Crippen LogP contribution in [0, 0.1) is 12.7 Å². The van der Waals surface area contributed by atoms with E-state index in [1.807, 2.05) is 19.1 Å². The van der Waals surface area contributed by atoms with Gasteiger partial charge in [0, 0.05) is 6.04 Å². The highest BCUT2D eigenvalue weighted by Crippen LogP contribution is 2.09. The molecule has 0 saturated heterocycles. The van der Waals surface area contributed by atoms with E-state index in [1.54, 1.807) is 13.0 Å². The molecule has 1 unspecified atom stereocenters. The molecule has 0 aliphatic carbocycles. The predicted molar refractivity (Wildman–Crippen MR) is 70.6 cm³/mol. The Morgan fingerprint density at radius 2 is 2.12 bits per heavy atom. The van der Waals surface area contributed by atoms with E-state index < -0.39 is 0 Å². The van der Waals surface area contributed by atoms with Gasteiger partial charge in [0.25, 0.3) is 0 Å². The van der Waals surface area contributed by atoms with Crippen molar-refractivity contribution in [2.45, 2.75) is 39.2 Å². The Morgan fingerprint density at radius 1 is 1.35 bits per heavy atom. The molecule has 17 heavy (non-hydrogen) atoms. The molecular weight excluding hydrogens is 215 g/mol. The summed E-state index contributed by atoms with van der Waals surface area (Å²) in [6.45, 7) is 5.77. The molecule has 0 aliphatic heterocycles. The smallest absolute Gasteiger partial charge is 0.126 e. The van der Waals surface area contributed by atoms with Gasteiger partial charge in [0.15, 0.2) is 0 Å². The van der Waals surface area contributed by atoms with E-state index in [4.69, 9.17) is 5.73 Å². The minimum Gasteiger partial charge on any atom is -0.328 e. The molecule has 0 bridgehead atoms. The third-order valence-corrected chi connectivity index (χ3v) is 2.83. The van der Waals surface area contributed by atoms with Crippen molar-refractivity contribution < 1.29 is 4.39 Å². The van der Waals surface area contributed by atoms with Crippen molar-refractivity contribution in [3.8, 4) is 0 Å². The number of hydrogen-bond acceptors (Lipinski definition) is 2. The summed E-state index contributed by atoms with van der Waals surface area (Å²) in [5.74, 6) is -0.126. The maximum atomic E-state index is 13.0. The Labute approximate surface area is 103 Å². The van der Waals surface area contributed by atoms with Crippen LogP contribution in [0.15, 0.2) is 18.2 Å². The highest BCUT2D eigenvalue weighted by molar-refractivity contribution is 5.24. The molecule has 96 valence electrons. The van der Waals surface area contributed by atoms with Gasteiger partial charge < -0.3 is 11.1 Å². The number of benzene rings is 1. The summed E-state index contributed by atoms with van der Waals surface area (Å²) in [7, 11) is 0. The van der Waals surface area contributed by atoms with E-state index in [-0.39, 0.29) is 11.9 Å². The number of hydrogen-bond donors (Lipinski definition) is 2. The zero-order valence-corrected chi connectivity index (χ0v) is 10.8. The van der Waals surface area contributed by atoms with Crippen LogP contribution in [0.1, 0.15) is 30.9 Å². The second kappa shape index (κ2) is 7.41. The summed E-state index contributed by atoms with van der Waals surface area (Å²) in [5.41, 5.74) is 7.57. The standard InChI is InChI=1S/C14H23FN2/c1-11-10-13(5-6-14(11)15)7-9-17-8-3-4-12(2)16/h5-6,10,12,17H,3-4,7-9,16H2,1-2H3. The molecule has 0 heterocycles. The molecule has 0 fully saturated rings. The highest BCUT2D eigenvalue weighted by atomic mass is 19.1. The molecule has 1 aromatic carbocycles. The number of halogens is 1. The van der Waals surface area contributed by atoms with E-state index >= 15 is 0 Å². The molecule has 1 rings (SSSR count). The topological polar surface area (TPSA) is 38.0 Å². The van der Waals surface area contributed by atoms with E-state index in [9.17, 15) is 4.39 Å². The Hall–Kier alpha value is -0.930. The Balaban J connectivity index is 2.16. The molecule has 2 nitrogen and oxygen atoms in total. The molecule has 1 aromatic rings. The lowest BCUT2D eigenvalue weighted by Gasteiger charge is -2.07. The minimum absolute atomic E-state index is 0.126. The summed E-state index contributed by atoms with van der Waals surface area (Å²) < 4.78 is 13.0. The van der Waals surface area contributed by atoms with Crippen LogP contribution < -0.4 is 11.1 Å². The van der Waals surface area contributed by atoms with Gasteiger partial charge in [-0.15, -0.1) is 0 Å². The molecule has 3 N–H and O–H groups in total. The van der Waals surface area contributed by atoms with E-state index in [0.29, 0.717) is 0 Å². The lowest BCUT2D eigenvalue weighted by Crippen LogP contribution is -2.21. The summed E-state index contributed by atoms with van der Waals surface area (Å²) in [4.78, 5) is 0. The van der Waals surface area contributed by atoms with Gasteiger partial charge in [-0.25, -0.2) is 4.39 Å². The molecule has 0 aromatic heterocycles. The van der Waals surface area contributed by atoms with Crippen LogP contribution in [-0.2, 0) is 6.42 Å². The molecule has 0 saturated carbocycles. The van der Waals surface area contributed by atoms with Crippen LogP contribution in [0.5, 0.6) is 0 Å². The predicted octanol–water partition coefficient (Wildman–Crippen LogP) is 2.39. The van der Waals surface area contributed by atoms with E-state index in [2.05, 4.69) is 5.32 Å². The number of nitrogens with two attached hydrogens (primary N) is 1. The second-order valence-electron chi connectivity index (χ2n) is 4.70. The lowest BCUT2D eigenvalue weighted by molar-refractivity contribution is 0.575. The van der Waals surface area contributed by atoms with Gasteiger partial charge in [0.2, 0.25) is 0 Å². The fourth-order valence-electron chi connectivity index (χ4n) is 1.77. The summed E-state index contributed by atoms with van der Waals surface area (Å²) in [6, 6.07) is 5.60. The molecule has 1 atom stereocenters. The average molecular weight is 238 g/mol. The average Bonchev–Trinajstić information content (AvgIpc) is 2.27. The van der Waals surface area contributed by atoms with Crippen LogP contribution in [-0.4, -0.2) is 19.1 Å². The van der Waals surface area contributed by atoms with Crippen molar-refractivity contribution in [2.24, 2.45) is 5.73 Å². The maximum absolute atomic E-state index is 13.0. The minimum atomic E-state index is -0.126. The molecule has 0 radical (unpaired) electrons. The monoisotopic (exact) mass is 238 g/mol. The molecular formula is C14H23FN2. The van der Waals surface area contributed by atoms with Crippen molar-refractivity contribution >= 4 is 0 Å². The Bertz CT molecular complexity index is 337. The van der Waals surface area contributed by atoms with Crippen molar-refractivity contribution in [3.05, 3.63) is 35.1 Å². The first-order valence-corrected chi connectivity index (χ1v) is 6.31. The zero-order chi connectivity index (χ0) is 12.7. The van der Waals surface area contributed by atoms with Crippen LogP contribution >= 0.6 is 0 Å². The quantitative estimate of drug-likeness (QED) is 0.716. The van der Waals surface area contributed by atoms with Crippen LogP contribution in [0.2, 0.25) is 0 Å². The molecule has 3 heteroatoms.